The molecule has 2 heterocycles. The van der Waals surface area contributed by atoms with Crippen molar-refractivity contribution in [3.63, 3.8) is 0 Å². The number of rotatable bonds is 4. The van der Waals surface area contributed by atoms with E-state index >= 15 is 0 Å². The van der Waals surface area contributed by atoms with Gasteiger partial charge in [0.15, 0.2) is 11.0 Å². The highest BCUT2D eigenvalue weighted by atomic mass is 32.2. The first-order chi connectivity index (χ1) is 16.4. The number of para-hydroxylation sites is 1. The zero-order valence-corrected chi connectivity index (χ0v) is 20.2. The Labute approximate surface area is 206 Å². The lowest BCUT2D eigenvalue weighted by Gasteiger charge is -2.17. The summed E-state index contributed by atoms with van der Waals surface area (Å²) in [7, 11) is 1.95. The molecule has 3 aromatic rings. The summed E-state index contributed by atoms with van der Waals surface area (Å²) < 4.78 is 0. The minimum atomic E-state index is -0.142. The van der Waals surface area contributed by atoms with Gasteiger partial charge in [-0.2, -0.15) is 0 Å². The highest BCUT2D eigenvalue weighted by Crippen LogP contribution is 2.50. The Bertz CT molecular complexity index is 1370. The van der Waals surface area contributed by atoms with Gasteiger partial charge in [-0.15, -0.1) is 0 Å². The van der Waals surface area contributed by atoms with E-state index in [0.717, 1.165) is 21.2 Å². The molecule has 2 aliphatic heterocycles. The lowest BCUT2D eigenvalue weighted by atomic mass is 10.1. The maximum absolute atomic E-state index is 13.7. The topological polar surface area (TPSA) is 73.2 Å². The number of amides is 1. The fourth-order valence-corrected chi connectivity index (χ4v) is 6.10. The van der Waals surface area contributed by atoms with Crippen LogP contribution in [0.3, 0.4) is 0 Å². The molecule has 0 aliphatic carbocycles. The van der Waals surface area contributed by atoms with E-state index in [1.807, 2.05) is 66.5 Å². The molecule has 1 fully saturated rings. The Balaban J connectivity index is 1.59. The van der Waals surface area contributed by atoms with Crippen molar-refractivity contribution in [3.8, 4) is 5.75 Å². The number of carbonyl (C=O) groups excluding carboxylic acids is 2. The lowest BCUT2D eigenvalue weighted by Crippen LogP contribution is -2.29. The number of phenols is 1. The lowest BCUT2D eigenvalue weighted by molar-refractivity contribution is -0.122. The van der Waals surface area contributed by atoms with Crippen molar-refractivity contribution in [3.05, 3.63) is 93.9 Å². The average Bonchev–Trinajstić information content (AvgIpc) is 3.32. The van der Waals surface area contributed by atoms with Crippen LogP contribution in [0.5, 0.6) is 5.75 Å². The van der Waals surface area contributed by atoms with E-state index in [0.29, 0.717) is 22.2 Å². The molecule has 0 unspecified atom stereocenters. The van der Waals surface area contributed by atoms with Crippen molar-refractivity contribution in [2.24, 2.45) is 4.99 Å². The number of fused-ring (bicyclic) bond motifs is 1. The standard InChI is InChI=1S/C26H21N3O3S2/c1-16(30)18-12-13-21(31)19(14-18)27-26-29(15-17-8-4-3-5-9-17)24(32)23(34-26)25-28(2)20-10-6-7-11-22(20)33-25/h3-14,31H,15H2,1-2H3. The first-order valence-electron chi connectivity index (χ1n) is 10.6. The van der Waals surface area contributed by atoms with E-state index in [1.54, 1.807) is 28.8 Å². The van der Waals surface area contributed by atoms with Gasteiger partial charge in [-0.05, 0) is 54.6 Å². The van der Waals surface area contributed by atoms with Crippen molar-refractivity contribution < 1.29 is 14.7 Å². The van der Waals surface area contributed by atoms with Gasteiger partial charge in [0, 0.05) is 17.5 Å². The number of nitrogens with zero attached hydrogens (tertiary/aromatic N) is 3. The molecule has 8 heteroatoms. The van der Waals surface area contributed by atoms with Crippen LogP contribution in [0.15, 0.2) is 92.6 Å². The maximum Gasteiger partial charge on any atom is 0.269 e. The number of benzene rings is 3. The van der Waals surface area contributed by atoms with Gasteiger partial charge in [-0.1, -0.05) is 54.2 Å². The zero-order valence-electron chi connectivity index (χ0n) is 18.6. The Morgan fingerprint density at radius 1 is 1.00 bits per heavy atom. The number of carbonyl (C=O) groups is 2. The number of ketones is 1. The summed E-state index contributed by atoms with van der Waals surface area (Å²) in [5.41, 5.74) is 2.72. The smallest absolute Gasteiger partial charge is 0.269 e. The third-order valence-electron chi connectivity index (χ3n) is 5.58. The fourth-order valence-electron chi connectivity index (χ4n) is 3.76. The molecule has 3 aromatic carbocycles. The van der Waals surface area contributed by atoms with Gasteiger partial charge in [0.25, 0.3) is 5.91 Å². The molecule has 5 rings (SSSR count). The van der Waals surface area contributed by atoms with Gasteiger partial charge in [0.05, 0.1) is 17.3 Å². The molecule has 0 bridgehead atoms. The Morgan fingerprint density at radius 2 is 1.74 bits per heavy atom. The maximum atomic E-state index is 13.7. The molecule has 2 aliphatic rings. The number of phenolic OH excluding ortho intramolecular Hbond substituents is 1. The molecule has 0 spiro atoms. The summed E-state index contributed by atoms with van der Waals surface area (Å²) in [5, 5.41) is 11.7. The van der Waals surface area contributed by atoms with Gasteiger partial charge >= 0.3 is 0 Å². The molecule has 0 aromatic heterocycles. The number of hydrogen-bond acceptors (Lipinski definition) is 7. The van der Waals surface area contributed by atoms with Crippen LogP contribution in [-0.2, 0) is 11.3 Å². The summed E-state index contributed by atoms with van der Waals surface area (Å²) in [6.45, 7) is 1.81. The van der Waals surface area contributed by atoms with Crippen LogP contribution >= 0.6 is 23.5 Å². The second kappa shape index (κ2) is 9.04. The summed E-state index contributed by atoms with van der Waals surface area (Å²) in [6.07, 6.45) is 0. The molecule has 1 N–H and O–H groups in total. The number of thioether (sulfide) groups is 2. The molecule has 0 atom stereocenters. The van der Waals surface area contributed by atoms with Crippen molar-refractivity contribution >= 4 is 51.8 Å². The van der Waals surface area contributed by atoms with E-state index in [9.17, 15) is 14.7 Å². The average molecular weight is 488 g/mol. The van der Waals surface area contributed by atoms with E-state index < -0.39 is 0 Å². The summed E-state index contributed by atoms with van der Waals surface area (Å²) >= 11 is 2.84. The fraction of sp³-hybridized carbons (Fsp3) is 0.115. The predicted molar refractivity (Wildman–Crippen MR) is 138 cm³/mol. The number of aromatic hydroxyl groups is 1. The molecule has 34 heavy (non-hydrogen) atoms. The van der Waals surface area contributed by atoms with Crippen LogP contribution < -0.4 is 4.90 Å². The van der Waals surface area contributed by atoms with E-state index in [-0.39, 0.29) is 23.1 Å². The van der Waals surface area contributed by atoms with Crippen LogP contribution in [0.1, 0.15) is 22.8 Å². The number of amidine groups is 1. The molecular weight excluding hydrogens is 466 g/mol. The third kappa shape index (κ3) is 4.10. The van der Waals surface area contributed by atoms with Gasteiger partial charge in [0.1, 0.15) is 16.3 Å². The quantitative estimate of drug-likeness (QED) is 0.372. The third-order valence-corrected chi connectivity index (χ3v) is 8.01. The van der Waals surface area contributed by atoms with Crippen molar-refractivity contribution in [1.29, 1.82) is 0 Å². The SMILES string of the molecule is CC(=O)c1ccc(O)c(N=C2SC(=C3Sc4ccccc4N3C)C(=O)N2Cc2ccccc2)c1. The molecule has 1 saturated heterocycles. The van der Waals surface area contributed by atoms with Crippen molar-refractivity contribution in [2.75, 3.05) is 11.9 Å². The summed E-state index contributed by atoms with van der Waals surface area (Å²) in [5.74, 6) is -0.314. The van der Waals surface area contributed by atoms with Gasteiger partial charge < -0.3 is 10.0 Å². The summed E-state index contributed by atoms with van der Waals surface area (Å²) in [6, 6.07) is 22.3. The van der Waals surface area contributed by atoms with Crippen LogP contribution in [0.25, 0.3) is 0 Å². The molecule has 0 saturated carbocycles. The number of Topliss-reactive ketones (excluding diaryl/α,β-unsaturated/α-hetero) is 1. The Morgan fingerprint density at radius 3 is 2.47 bits per heavy atom. The van der Waals surface area contributed by atoms with E-state index in [4.69, 9.17) is 0 Å². The van der Waals surface area contributed by atoms with Crippen LogP contribution in [0.4, 0.5) is 11.4 Å². The van der Waals surface area contributed by atoms with Crippen LogP contribution in [0.2, 0.25) is 0 Å². The highest BCUT2D eigenvalue weighted by Gasteiger charge is 2.39. The van der Waals surface area contributed by atoms with Crippen molar-refractivity contribution in [2.45, 2.75) is 18.4 Å². The molecule has 0 radical (unpaired) electrons. The van der Waals surface area contributed by atoms with Gasteiger partial charge in [0.2, 0.25) is 0 Å². The minimum Gasteiger partial charge on any atom is -0.506 e. The van der Waals surface area contributed by atoms with Gasteiger partial charge in [-0.3, -0.25) is 14.5 Å². The second-order valence-electron chi connectivity index (χ2n) is 7.90. The van der Waals surface area contributed by atoms with E-state index in [1.165, 1.54) is 24.8 Å². The normalized spacial score (nSPS) is 18.6. The number of hydrogen-bond donors (Lipinski definition) is 1. The van der Waals surface area contributed by atoms with Crippen LogP contribution in [-0.4, -0.2) is 33.9 Å². The molecule has 6 nitrogen and oxygen atoms in total. The predicted octanol–water partition coefficient (Wildman–Crippen LogP) is 5.77. The second-order valence-corrected chi connectivity index (χ2v) is 9.90. The molecular formula is C26H21N3O3S2. The van der Waals surface area contributed by atoms with Crippen LogP contribution in [0, 0.1) is 0 Å². The minimum absolute atomic E-state index is 0.0499. The first kappa shape index (κ1) is 22.3. The number of aliphatic imine (C=N–C) groups is 1. The Kier molecular flexibility index (Phi) is 5.93. The van der Waals surface area contributed by atoms with E-state index in [2.05, 4.69) is 4.99 Å². The first-order valence-corrected chi connectivity index (χ1v) is 12.3. The molecule has 170 valence electrons. The monoisotopic (exact) mass is 487 g/mol. The zero-order chi connectivity index (χ0) is 23.8. The van der Waals surface area contributed by atoms with Gasteiger partial charge in [-0.25, -0.2) is 4.99 Å². The Hall–Kier alpha value is -3.49. The summed E-state index contributed by atoms with van der Waals surface area (Å²) in [4.78, 5) is 35.5. The highest BCUT2D eigenvalue weighted by molar-refractivity contribution is 8.19. The van der Waals surface area contributed by atoms with Crippen molar-refractivity contribution in [1.82, 2.24) is 4.90 Å². The molecule has 1 amide bonds. The largest absolute Gasteiger partial charge is 0.506 e. The number of anilines is 1.